The molecular formula is C13H9N3O6. The van der Waals surface area contributed by atoms with Crippen LogP contribution in [0.4, 0.5) is 5.69 Å². The summed E-state index contributed by atoms with van der Waals surface area (Å²) in [5.41, 5.74) is -0.968. The van der Waals surface area contributed by atoms with Crippen LogP contribution in [0.25, 0.3) is 0 Å². The molecule has 9 nitrogen and oxygen atoms in total. The molecule has 2 aliphatic rings. The van der Waals surface area contributed by atoms with Crippen molar-refractivity contribution >= 4 is 29.3 Å². The Morgan fingerprint density at radius 2 is 1.86 bits per heavy atom. The quantitative estimate of drug-likeness (QED) is 0.429. The minimum Gasteiger partial charge on any atom is -0.284 e. The molecule has 1 saturated heterocycles. The zero-order valence-corrected chi connectivity index (χ0v) is 11.3. The van der Waals surface area contributed by atoms with E-state index in [0.29, 0.717) is 4.90 Å². The van der Waals surface area contributed by atoms with Gasteiger partial charge in [0.25, 0.3) is 23.4 Å². The molecule has 0 N–H and O–H groups in total. The minimum atomic E-state index is -1.25. The molecule has 1 aromatic carbocycles. The summed E-state index contributed by atoms with van der Waals surface area (Å²) in [5.74, 6) is -2.91. The highest BCUT2D eigenvalue weighted by Gasteiger charge is 2.50. The number of carbonyl (C=O) groups is 4. The number of hydrogen-bond acceptors (Lipinski definition) is 6. The highest BCUT2D eigenvalue weighted by molar-refractivity contribution is 6.25. The molecule has 22 heavy (non-hydrogen) atoms. The molecule has 0 bridgehead atoms. The van der Waals surface area contributed by atoms with E-state index < -0.39 is 40.3 Å². The zero-order chi connectivity index (χ0) is 16.2. The number of fused-ring (bicyclic) bond motifs is 1. The van der Waals surface area contributed by atoms with Gasteiger partial charge in [0.1, 0.15) is 11.6 Å². The molecule has 0 aliphatic carbocycles. The van der Waals surface area contributed by atoms with Crippen molar-refractivity contribution in [1.29, 1.82) is 0 Å². The van der Waals surface area contributed by atoms with Crippen molar-refractivity contribution in [3.63, 3.8) is 0 Å². The number of nitro groups is 1. The lowest BCUT2D eigenvalue weighted by Crippen LogP contribution is -2.44. The molecule has 112 valence electrons. The van der Waals surface area contributed by atoms with Gasteiger partial charge in [-0.05, 0) is 6.07 Å². The molecule has 1 fully saturated rings. The van der Waals surface area contributed by atoms with Crippen LogP contribution in [0, 0.1) is 10.1 Å². The monoisotopic (exact) mass is 303 g/mol. The third kappa shape index (κ3) is 1.65. The Bertz CT molecular complexity index is 771. The average Bonchev–Trinajstić information content (AvgIpc) is 2.88. The van der Waals surface area contributed by atoms with Gasteiger partial charge in [-0.1, -0.05) is 6.07 Å². The predicted octanol–water partition coefficient (Wildman–Crippen LogP) is -0.0519. The summed E-state index contributed by atoms with van der Waals surface area (Å²) >= 11 is 0. The zero-order valence-electron chi connectivity index (χ0n) is 11.3. The number of amides is 4. The molecule has 0 unspecified atom stereocenters. The van der Waals surface area contributed by atoms with Crippen LogP contribution < -0.4 is 0 Å². The summed E-state index contributed by atoms with van der Waals surface area (Å²) in [6.07, 6.45) is -0.311. The number of hydrogen-bond donors (Lipinski definition) is 0. The van der Waals surface area contributed by atoms with E-state index in [2.05, 4.69) is 0 Å². The number of carbonyl (C=O) groups excluding carboxylic acids is 4. The summed E-state index contributed by atoms with van der Waals surface area (Å²) in [7, 11) is 1.26. The van der Waals surface area contributed by atoms with Crippen molar-refractivity contribution in [2.75, 3.05) is 7.05 Å². The van der Waals surface area contributed by atoms with Gasteiger partial charge in [-0.3, -0.25) is 39.1 Å². The van der Waals surface area contributed by atoms with Gasteiger partial charge in [0.15, 0.2) is 0 Å². The number of nitrogens with zero attached hydrogens (tertiary/aromatic N) is 3. The fraction of sp³-hybridized carbons (Fsp3) is 0.231. The van der Waals surface area contributed by atoms with Crippen LogP contribution in [0.1, 0.15) is 27.1 Å². The van der Waals surface area contributed by atoms with Crippen LogP contribution in [-0.4, -0.2) is 51.4 Å². The maximum absolute atomic E-state index is 12.4. The Labute approximate surface area is 123 Å². The summed E-state index contributed by atoms with van der Waals surface area (Å²) in [6, 6.07) is 2.44. The van der Waals surface area contributed by atoms with Gasteiger partial charge in [0, 0.05) is 13.1 Å². The Morgan fingerprint density at radius 3 is 2.41 bits per heavy atom. The van der Waals surface area contributed by atoms with Crippen molar-refractivity contribution in [3.8, 4) is 0 Å². The van der Waals surface area contributed by atoms with Crippen molar-refractivity contribution in [2.24, 2.45) is 0 Å². The second kappa shape index (κ2) is 4.45. The molecule has 0 radical (unpaired) electrons. The van der Waals surface area contributed by atoms with E-state index in [9.17, 15) is 29.3 Å². The lowest BCUT2D eigenvalue weighted by atomic mass is 10.1. The summed E-state index contributed by atoms with van der Waals surface area (Å²) in [5, 5.41) is 11.0. The second-order valence-electron chi connectivity index (χ2n) is 4.95. The fourth-order valence-corrected chi connectivity index (χ4v) is 2.66. The normalized spacial score (nSPS) is 20.9. The Morgan fingerprint density at radius 1 is 1.18 bits per heavy atom. The molecule has 1 atom stereocenters. The van der Waals surface area contributed by atoms with Crippen LogP contribution in [0.15, 0.2) is 18.2 Å². The number of benzene rings is 1. The Balaban J connectivity index is 2.08. The fourth-order valence-electron chi connectivity index (χ4n) is 2.66. The van der Waals surface area contributed by atoms with E-state index in [1.165, 1.54) is 19.2 Å². The number of likely N-dealkylation sites (tertiary alicyclic amines) is 1. The number of imide groups is 2. The average molecular weight is 303 g/mol. The molecule has 0 spiro atoms. The van der Waals surface area contributed by atoms with E-state index >= 15 is 0 Å². The van der Waals surface area contributed by atoms with Crippen LogP contribution in [0.5, 0.6) is 0 Å². The third-order valence-corrected chi connectivity index (χ3v) is 3.79. The van der Waals surface area contributed by atoms with Crippen LogP contribution >= 0.6 is 0 Å². The smallest absolute Gasteiger partial charge is 0.282 e. The number of likely N-dealkylation sites (N-methyl/N-ethyl adjacent to an activating group) is 1. The molecular weight excluding hydrogens is 294 g/mol. The van der Waals surface area contributed by atoms with Crippen molar-refractivity contribution in [2.45, 2.75) is 12.5 Å². The molecule has 0 aromatic heterocycles. The van der Waals surface area contributed by atoms with E-state index in [-0.39, 0.29) is 17.5 Å². The number of nitro benzene ring substituents is 1. The first-order valence-corrected chi connectivity index (χ1v) is 6.30. The first kappa shape index (κ1) is 13.9. The summed E-state index contributed by atoms with van der Waals surface area (Å²) < 4.78 is 0. The van der Waals surface area contributed by atoms with E-state index in [4.69, 9.17) is 0 Å². The number of rotatable bonds is 2. The third-order valence-electron chi connectivity index (χ3n) is 3.79. The van der Waals surface area contributed by atoms with Crippen LogP contribution in [0.3, 0.4) is 0 Å². The van der Waals surface area contributed by atoms with Gasteiger partial charge in [0.2, 0.25) is 5.91 Å². The molecule has 9 heteroatoms. The predicted molar refractivity (Wildman–Crippen MR) is 69.8 cm³/mol. The molecule has 1 aromatic rings. The first-order valence-electron chi connectivity index (χ1n) is 6.30. The van der Waals surface area contributed by atoms with Crippen molar-refractivity contribution < 1.29 is 24.1 Å². The van der Waals surface area contributed by atoms with Gasteiger partial charge in [0.05, 0.1) is 16.9 Å². The Kier molecular flexibility index (Phi) is 2.80. The molecule has 2 heterocycles. The van der Waals surface area contributed by atoms with Crippen LogP contribution in [-0.2, 0) is 9.59 Å². The lowest BCUT2D eigenvalue weighted by Gasteiger charge is -2.19. The standard InChI is InChI=1S/C13H9N3O6/c1-14-9(17)5-8(12(14)19)15-11(18)6-3-2-4-7(16(21)22)10(6)13(15)20/h2-4,8H,5H2,1H3/t8-/m0/s1. The van der Waals surface area contributed by atoms with Gasteiger partial charge in [-0.25, -0.2) is 0 Å². The van der Waals surface area contributed by atoms with Gasteiger partial charge >= 0.3 is 0 Å². The lowest BCUT2D eigenvalue weighted by molar-refractivity contribution is -0.385. The van der Waals surface area contributed by atoms with Gasteiger partial charge in [-0.15, -0.1) is 0 Å². The SMILES string of the molecule is CN1C(=O)C[C@H](N2C(=O)c3cccc([N+](=O)[O-])c3C2=O)C1=O. The van der Waals surface area contributed by atoms with Crippen molar-refractivity contribution in [3.05, 3.63) is 39.4 Å². The summed E-state index contributed by atoms with van der Waals surface area (Å²) in [6.45, 7) is 0. The Hall–Kier alpha value is -3.10. The maximum Gasteiger partial charge on any atom is 0.282 e. The topological polar surface area (TPSA) is 118 Å². The molecule has 3 rings (SSSR count). The van der Waals surface area contributed by atoms with E-state index in [1.807, 2.05) is 0 Å². The molecule has 0 saturated carbocycles. The van der Waals surface area contributed by atoms with E-state index in [0.717, 1.165) is 11.0 Å². The van der Waals surface area contributed by atoms with Crippen LogP contribution in [0.2, 0.25) is 0 Å². The summed E-state index contributed by atoms with van der Waals surface area (Å²) in [4.78, 5) is 60.0. The second-order valence-corrected chi connectivity index (χ2v) is 4.95. The van der Waals surface area contributed by atoms with Crippen molar-refractivity contribution in [1.82, 2.24) is 9.80 Å². The maximum atomic E-state index is 12.4. The van der Waals surface area contributed by atoms with Gasteiger partial charge < -0.3 is 0 Å². The largest absolute Gasteiger partial charge is 0.284 e. The molecule has 4 amide bonds. The highest BCUT2D eigenvalue weighted by Crippen LogP contribution is 2.33. The van der Waals surface area contributed by atoms with E-state index in [1.54, 1.807) is 0 Å². The highest BCUT2D eigenvalue weighted by atomic mass is 16.6. The first-order chi connectivity index (χ1) is 10.3. The van der Waals surface area contributed by atoms with Gasteiger partial charge in [-0.2, -0.15) is 0 Å². The molecule has 2 aliphatic heterocycles. The minimum absolute atomic E-state index is 0.131.